The first kappa shape index (κ1) is 15.6. The fourth-order valence-electron chi connectivity index (χ4n) is 3.73. The van der Waals surface area contributed by atoms with Gasteiger partial charge in [0.15, 0.2) is 0 Å². The van der Waals surface area contributed by atoms with E-state index in [-0.39, 0.29) is 11.5 Å². The first-order valence-electron chi connectivity index (χ1n) is 8.13. The highest BCUT2D eigenvalue weighted by atomic mass is 16.4. The molecule has 0 spiro atoms. The van der Waals surface area contributed by atoms with Crippen molar-refractivity contribution in [2.24, 2.45) is 5.41 Å². The van der Waals surface area contributed by atoms with E-state index < -0.39 is 6.09 Å². The van der Waals surface area contributed by atoms with Gasteiger partial charge in [-0.3, -0.25) is 0 Å². The van der Waals surface area contributed by atoms with E-state index >= 15 is 0 Å². The molecule has 2 aromatic carbocycles. The minimum absolute atomic E-state index is 0.108. The normalized spacial score (nSPS) is 18.5. The summed E-state index contributed by atoms with van der Waals surface area (Å²) in [5, 5.41) is 11.8. The summed E-state index contributed by atoms with van der Waals surface area (Å²) in [5.74, 6) is 0. The van der Waals surface area contributed by atoms with E-state index in [0.29, 0.717) is 0 Å². The largest absolute Gasteiger partial charge is 0.465 e. The molecule has 2 aromatic rings. The third kappa shape index (κ3) is 2.83. The van der Waals surface area contributed by atoms with E-state index in [4.69, 9.17) is 5.11 Å². The molecule has 0 saturated heterocycles. The lowest BCUT2D eigenvalue weighted by atomic mass is 9.85. The number of carbonyl (C=O) groups is 1. The van der Waals surface area contributed by atoms with Crippen LogP contribution < -0.4 is 5.32 Å². The zero-order chi connectivity index (χ0) is 16.6. The van der Waals surface area contributed by atoms with Gasteiger partial charge in [-0.05, 0) is 46.1 Å². The molecule has 0 radical (unpaired) electrons. The van der Waals surface area contributed by atoms with Crippen molar-refractivity contribution in [1.29, 1.82) is 0 Å². The van der Waals surface area contributed by atoms with Crippen LogP contribution in [0, 0.1) is 5.41 Å². The number of aryl methyl sites for hydroxylation is 1. The molecular weight excluding hydrogens is 286 g/mol. The SMILES string of the molecule is CCc1ccccc1-c1ccc2c(c1)CC(C)(C)C2NC(=O)O. The second-order valence-corrected chi connectivity index (χ2v) is 6.97. The first-order chi connectivity index (χ1) is 10.9. The molecule has 0 saturated carbocycles. The fourth-order valence-corrected chi connectivity index (χ4v) is 3.73. The van der Waals surface area contributed by atoms with E-state index in [1.165, 1.54) is 22.3 Å². The van der Waals surface area contributed by atoms with Crippen molar-refractivity contribution >= 4 is 6.09 Å². The van der Waals surface area contributed by atoms with Gasteiger partial charge in [-0.1, -0.05) is 63.2 Å². The van der Waals surface area contributed by atoms with Gasteiger partial charge < -0.3 is 10.4 Å². The lowest BCUT2D eigenvalue weighted by Crippen LogP contribution is -2.34. The van der Waals surface area contributed by atoms with Crippen molar-refractivity contribution in [1.82, 2.24) is 5.32 Å². The van der Waals surface area contributed by atoms with E-state index in [2.05, 4.69) is 68.6 Å². The third-order valence-corrected chi connectivity index (χ3v) is 4.86. The van der Waals surface area contributed by atoms with Crippen LogP contribution in [0.3, 0.4) is 0 Å². The highest BCUT2D eigenvalue weighted by Crippen LogP contribution is 2.46. The monoisotopic (exact) mass is 309 g/mol. The Kier molecular flexibility index (Phi) is 3.88. The Labute approximate surface area is 137 Å². The van der Waals surface area contributed by atoms with Crippen LogP contribution in [0.25, 0.3) is 11.1 Å². The molecule has 120 valence electrons. The number of hydrogen-bond donors (Lipinski definition) is 2. The molecule has 1 atom stereocenters. The Bertz CT molecular complexity index is 749. The molecule has 0 fully saturated rings. The van der Waals surface area contributed by atoms with Crippen LogP contribution in [-0.2, 0) is 12.8 Å². The first-order valence-corrected chi connectivity index (χ1v) is 8.13. The molecule has 0 bridgehead atoms. The Morgan fingerprint density at radius 2 is 2.00 bits per heavy atom. The predicted octanol–water partition coefficient (Wildman–Crippen LogP) is 4.81. The quantitative estimate of drug-likeness (QED) is 0.855. The summed E-state index contributed by atoms with van der Waals surface area (Å²) in [4.78, 5) is 11.1. The van der Waals surface area contributed by atoms with Crippen LogP contribution in [-0.4, -0.2) is 11.2 Å². The van der Waals surface area contributed by atoms with Gasteiger partial charge in [0.25, 0.3) is 0 Å². The fraction of sp³-hybridized carbons (Fsp3) is 0.350. The van der Waals surface area contributed by atoms with Crippen LogP contribution in [0.5, 0.6) is 0 Å². The highest BCUT2D eigenvalue weighted by molar-refractivity contribution is 5.70. The topological polar surface area (TPSA) is 49.3 Å². The van der Waals surface area contributed by atoms with E-state index in [1.807, 2.05) is 0 Å². The molecule has 1 aliphatic rings. The number of nitrogens with one attached hydrogen (secondary N) is 1. The lowest BCUT2D eigenvalue weighted by molar-refractivity contribution is 0.175. The van der Waals surface area contributed by atoms with Crippen LogP contribution in [0.1, 0.15) is 43.5 Å². The molecule has 3 nitrogen and oxygen atoms in total. The molecule has 1 aliphatic carbocycles. The van der Waals surface area contributed by atoms with Crippen LogP contribution in [0.2, 0.25) is 0 Å². The maximum atomic E-state index is 11.1. The Morgan fingerprint density at radius 1 is 1.26 bits per heavy atom. The number of fused-ring (bicyclic) bond motifs is 1. The van der Waals surface area contributed by atoms with Crippen molar-refractivity contribution in [2.75, 3.05) is 0 Å². The number of amides is 1. The van der Waals surface area contributed by atoms with E-state index in [0.717, 1.165) is 18.4 Å². The second-order valence-electron chi connectivity index (χ2n) is 6.97. The second kappa shape index (κ2) is 5.73. The minimum Gasteiger partial charge on any atom is -0.465 e. The van der Waals surface area contributed by atoms with Crippen LogP contribution >= 0.6 is 0 Å². The van der Waals surface area contributed by atoms with Gasteiger partial charge in [0.2, 0.25) is 0 Å². The maximum absolute atomic E-state index is 11.1. The van der Waals surface area contributed by atoms with Gasteiger partial charge >= 0.3 is 6.09 Å². The summed E-state index contributed by atoms with van der Waals surface area (Å²) in [6, 6.07) is 14.8. The van der Waals surface area contributed by atoms with Crippen molar-refractivity contribution in [2.45, 2.75) is 39.7 Å². The molecule has 3 heteroatoms. The molecular formula is C20H23NO2. The molecule has 3 rings (SSSR count). The number of hydrogen-bond acceptors (Lipinski definition) is 1. The predicted molar refractivity (Wildman–Crippen MR) is 92.6 cm³/mol. The number of rotatable bonds is 3. The minimum atomic E-state index is -0.962. The molecule has 0 aromatic heterocycles. The summed E-state index contributed by atoms with van der Waals surface area (Å²) in [6.45, 7) is 6.41. The van der Waals surface area contributed by atoms with Crippen molar-refractivity contribution in [3.63, 3.8) is 0 Å². The number of carboxylic acid groups (broad SMARTS) is 1. The zero-order valence-corrected chi connectivity index (χ0v) is 13.9. The molecule has 0 aliphatic heterocycles. The van der Waals surface area contributed by atoms with E-state index in [9.17, 15) is 4.79 Å². The highest BCUT2D eigenvalue weighted by Gasteiger charge is 2.39. The molecule has 0 heterocycles. The lowest BCUT2D eigenvalue weighted by Gasteiger charge is -2.27. The standard InChI is InChI=1S/C20H23NO2/c1-4-13-7-5-6-8-16(13)14-9-10-17-15(11-14)12-20(2,3)18(17)21-19(22)23/h5-11,18,21H,4,12H2,1-3H3,(H,22,23). The summed E-state index contributed by atoms with van der Waals surface area (Å²) in [5.41, 5.74) is 6.07. The summed E-state index contributed by atoms with van der Waals surface area (Å²) >= 11 is 0. The van der Waals surface area contributed by atoms with Crippen molar-refractivity contribution in [3.8, 4) is 11.1 Å². The molecule has 2 N–H and O–H groups in total. The third-order valence-electron chi connectivity index (χ3n) is 4.86. The van der Waals surface area contributed by atoms with Gasteiger partial charge in [0, 0.05) is 0 Å². The maximum Gasteiger partial charge on any atom is 0.405 e. The zero-order valence-electron chi connectivity index (χ0n) is 13.9. The summed E-state index contributed by atoms with van der Waals surface area (Å²) < 4.78 is 0. The van der Waals surface area contributed by atoms with Gasteiger partial charge in [0.05, 0.1) is 6.04 Å². The van der Waals surface area contributed by atoms with Crippen LogP contribution in [0.15, 0.2) is 42.5 Å². The Hall–Kier alpha value is -2.29. The average molecular weight is 309 g/mol. The Balaban J connectivity index is 2.03. The van der Waals surface area contributed by atoms with E-state index in [1.54, 1.807) is 0 Å². The van der Waals surface area contributed by atoms with Crippen molar-refractivity contribution in [3.05, 3.63) is 59.2 Å². The summed E-state index contributed by atoms with van der Waals surface area (Å²) in [7, 11) is 0. The number of benzene rings is 2. The summed E-state index contributed by atoms with van der Waals surface area (Å²) in [6.07, 6.45) is 0.925. The van der Waals surface area contributed by atoms with Crippen LogP contribution in [0.4, 0.5) is 4.79 Å². The van der Waals surface area contributed by atoms with Gasteiger partial charge in [-0.2, -0.15) is 0 Å². The molecule has 1 unspecified atom stereocenters. The van der Waals surface area contributed by atoms with Gasteiger partial charge in [-0.25, -0.2) is 4.79 Å². The average Bonchev–Trinajstić information content (AvgIpc) is 2.76. The van der Waals surface area contributed by atoms with Gasteiger partial charge in [-0.15, -0.1) is 0 Å². The molecule has 23 heavy (non-hydrogen) atoms. The van der Waals surface area contributed by atoms with Gasteiger partial charge in [0.1, 0.15) is 0 Å². The molecule has 1 amide bonds. The Morgan fingerprint density at radius 3 is 2.70 bits per heavy atom. The van der Waals surface area contributed by atoms with Crippen molar-refractivity contribution < 1.29 is 9.90 Å². The smallest absolute Gasteiger partial charge is 0.405 e.